The normalized spacial score (nSPS) is 12.1. The zero-order valence-corrected chi connectivity index (χ0v) is 11.4. The third-order valence-corrected chi connectivity index (χ3v) is 1.86. The average molecular weight is 283 g/mol. The summed E-state index contributed by atoms with van der Waals surface area (Å²) < 4.78 is 9.27. The molecule has 7 heteroatoms. The summed E-state index contributed by atoms with van der Waals surface area (Å²) in [7, 11) is 0. The standard InChI is InChI=1S/C9H14O4.C4H3NO2/c1-4-12-8(10)6-7(3)9(11)13-5-2;6-3-1-2-4(7)5-3/h3-6H2,1-2H3;1-2H,(H,5,6,7). The molecule has 2 amide bonds. The van der Waals surface area contributed by atoms with Gasteiger partial charge in [-0.05, 0) is 13.8 Å². The summed E-state index contributed by atoms with van der Waals surface area (Å²) in [6, 6.07) is 0. The van der Waals surface area contributed by atoms with Crippen molar-refractivity contribution in [1.82, 2.24) is 5.32 Å². The summed E-state index contributed by atoms with van der Waals surface area (Å²) in [5.41, 5.74) is 0.125. The molecule has 0 aromatic heterocycles. The highest BCUT2D eigenvalue weighted by Crippen LogP contribution is 2.02. The van der Waals surface area contributed by atoms with Gasteiger partial charge >= 0.3 is 11.9 Å². The minimum atomic E-state index is -0.546. The maximum Gasteiger partial charge on any atom is 0.333 e. The monoisotopic (exact) mass is 283 g/mol. The molecule has 1 rings (SSSR count). The summed E-state index contributed by atoms with van der Waals surface area (Å²) in [6.07, 6.45) is 2.29. The number of carbonyl (C=O) groups is 4. The molecular weight excluding hydrogens is 266 g/mol. The molecule has 1 heterocycles. The third-order valence-electron chi connectivity index (χ3n) is 1.86. The Balaban J connectivity index is 0.000000428. The number of amides is 2. The van der Waals surface area contributed by atoms with Crippen molar-refractivity contribution in [3.63, 3.8) is 0 Å². The van der Waals surface area contributed by atoms with Crippen molar-refractivity contribution >= 4 is 23.8 Å². The Morgan fingerprint density at radius 2 is 1.60 bits per heavy atom. The summed E-state index contributed by atoms with van der Waals surface area (Å²) in [4.78, 5) is 41.9. The molecule has 0 aliphatic carbocycles. The average Bonchev–Trinajstić information content (AvgIpc) is 2.74. The lowest BCUT2D eigenvalue weighted by Crippen LogP contribution is -2.19. The van der Waals surface area contributed by atoms with Crippen LogP contribution >= 0.6 is 0 Å². The number of hydrogen-bond donors (Lipinski definition) is 1. The van der Waals surface area contributed by atoms with Gasteiger partial charge in [0.1, 0.15) is 0 Å². The van der Waals surface area contributed by atoms with Crippen LogP contribution in [0.25, 0.3) is 0 Å². The summed E-state index contributed by atoms with van der Waals surface area (Å²) in [6.45, 7) is 7.39. The number of hydrogen-bond acceptors (Lipinski definition) is 6. The van der Waals surface area contributed by atoms with Crippen LogP contribution in [0.1, 0.15) is 20.3 Å². The highest BCUT2D eigenvalue weighted by atomic mass is 16.5. The fourth-order valence-corrected chi connectivity index (χ4v) is 1.05. The Labute approximate surface area is 116 Å². The number of imide groups is 1. The number of esters is 2. The minimum absolute atomic E-state index is 0.104. The second-order valence-corrected chi connectivity index (χ2v) is 3.49. The summed E-state index contributed by atoms with van der Waals surface area (Å²) >= 11 is 0. The topological polar surface area (TPSA) is 98.8 Å². The van der Waals surface area contributed by atoms with Crippen LogP contribution in [0.4, 0.5) is 0 Å². The molecule has 0 atom stereocenters. The van der Waals surface area contributed by atoms with E-state index in [4.69, 9.17) is 0 Å². The van der Waals surface area contributed by atoms with Crippen LogP contribution in [0, 0.1) is 0 Å². The van der Waals surface area contributed by atoms with E-state index in [9.17, 15) is 19.2 Å². The first-order valence-corrected chi connectivity index (χ1v) is 5.94. The van der Waals surface area contributed by atoms with Crippen LogP contribution < -0.4 is 5.32 Å². The molecule has 1 aliphatic heterocycles. The Kier molecular flexibility index (Phi) is 8.33. The first kappa shape index (κ1) is 17.6. The lowest BCUT2D eigenvalue weighted by atomic mass is 10.2. The molecular formula is C13H17NO6. The van der Waals surface area contributed by atoms with Gasteiger partial charge in [-0.25, -0.2) is 4.79 Å². The van der Waals surface area contributed by atoms with E-state index in [-0.39, 0.29) is 30.4 Å². The van der Waals surface area contributed by atoms with Crippen LogP contribution in [-0.2, 0) is 28.7 Å². The van der Waals surface area contributed by atoms with Crippen molar-refractivity contribution < 1.29 is 28.7 Å². The van der Waals surface area contributed by atoms with Crippen LogP contribution in [-0.4, -0.2) is 37.0 Å². The molecule has 7 nitrogen and oxygen atoms in total. The van der Waals surface area contributed by atoms with Gasteiger partial charge in [0.05, 0.1) is 19.6 Å². The van der Waals surface area contributed by atoms with E-state index in [1.54, 1.807) is 13.8 Å². The number of rotatable bonds is 5. The summed E-state index contributed by atoms with van der Waals surface area (Å²) in [5, 5.41) is 2.03. The molecule has 0 radical (unpaired) electrons. The van der Waals surface area contributed by atoms with Gasteiger partial charge in [-0.1, -0.05) is 6.58 Å². The van der Waals surface area contributed by atoms with E-state index in [1.165, 1.54) is 12.2 Å². The van der Waals surface area contributed by atoms with E-state index in [0.717, 1.165) is 0 Å². The maximum atomic E-state index is 11.0. The van der Waals surface area contributed by atoms with Crippen molar-refractivity contribution in [1.29, 1.82) is 0 Å². The lowest BCUT2D eigenvalue weighted by molar-refractivity contribution is -0.145. The second-order valence-electron chi connectivity index (χ2n) is 3.49. The van der Waals surface area contributed by atoms with Crippen molar-refractivity contribution in [2.75, 3.05) is 13.2 Å². The smallest absolute Gasteiger partial charge is 0.333 e. The molecule has 0 unspecified atom stereocenters. The maximum absolute atomic E-state index is 11.0. The van der Waals surface area contributed by atoms with E-state index < -0.39 is 11.9 Å². The van der Waals surface area contributed by atoms with Crippen LogP contribution in [0.15, 0.2) is 24.3 Å². The fraction of sp³-hybridized carbons (Fsp3) is 0.385. The molecule has 0 saturated heterocycles. The molecule has 0 fully saturated rings. The highest BCUT2D eigenvalue weighted by Gasteiger charge is 2.12. The van der Waals surface area contributed by atoms with E-state index in [0.29, 0.717) is 6.61 Å². The third kappa shape index (κ3) is 7.80. The first-order chi connectivity index (χ1) is 9.40. The summed E-state index contributed by atoms with van der Waals surface area (Å²) in [5.74, 6) is -1.66. The molecule has 0 bridgehead atoms. The number of carbonyl (C=O) groups excluding carboxylic acids is 4. The van der Waals surface area contributed by atoms with Gasteiger partial charge in [0.25, 0.3) is 11.8 Å². The van der Waals surface area contributed by atoms with Crippen molar-refractivity contribution in [2.24, 2.45) is 0 Å². The molecule has 0 aromatic rings. The van der Waals surface area contributed by atoms with Gasteiger partial charge in [-0.3, -0.25) is 19.7 Å². The largest absolute Gasteiger partial charge is 0.466 e. The molecule has 0 aromatic carbocycles. The quantitative estimate of drug-likeness (QED) is 0.441. The highest BCUT2D eigenvalue weighted by molar-refractivity contribution is 6.12. The van der Waals surface area contributed by atoms with Crippen LogP contribution in [0.3, 0.4) is 0 Å². The Morgan fingerprint density at radius 1 is 1.10 bits per heavy atom. The van der Waals surface area contributed by atoms with Crippen molar-refractivity contribution in [3.8, 4) is 0 Å². The zero-order valence-electron chi connectivity index (χ0n) is 11.4. The molecule has 0 spiro atoms. The van der Waals surface area contributed by atoms with Crippen molar-refractivity contribution in [3.05, 3.63) is 24.3 Å². The van der Waals surface area contributed by atoms with E-state index >= 15 is 0 Å². The SMILES string of the molecule is C=C(CC(=O)OCC)C(=O)OCC.O=C1C=CC(=O)N1. The molecule has 1 N–H and O–H groups in total. The van der Waals surface area contributed by atoms with Gasteiger partial charge < -0.3 is 9.47 Å². The molecule has 110 valence electrons. The predicted molar refractivity (Wildman–Crippen MR) is 69.3 cm³/mol. The Morgan fingerprint density at radius 3 is 1.95 bits per heavy atom. The molecule has 0 saturated carbocycles. The number of nitrogens with one attached hydrogen (secondary N) is 1. The molecule has 1 aliphatic rings. The van der Waals surface area contributed by atoms with Gasteiger partial charge in [0.15, 0.2) is 0 Å². The van der Waals surface area contributed by atoms with Crippen molar-refractivity contribution in [2.45, 2.75) is 20.3 Å². The zero-order chi connectivity index (χ0) is 15.5. The van der Waals surface area contributed by atoms with Crippen LogP contribution in [0.5, 0.6) is 0 Å². The Bertz CT molecular complexity index is 422. The van der Waals surface area contributed by atoms with Gasteiger partial charge in [-0.15, -0.1) is 0 Å². The fourth-order valence-electron chi connectivity index (χ4n) is 1.05. The first-order valence-electron chi connectivity index (χ1n) is 5.94. The van der Waals surface area contributed by atoms with Gasteiger partial charge in [0, 0.05) is 17.7 Å². The van der Waals surface area contributed by atoms with E-state index in [1.807, 2.05) is 5.32 Å². The van der Waals surface area contributed by atoms with Crippen LogP contribution in [0.2, 0.25) is 0 Å². The lowest BCUT2D eigenvalue weighted by Gasteiger charge is -2.04. The molecule has 20 heavy (non-hydrogen) atoms. The number of ether oxygens (including phenoxy) is 2. The van der Waals surface area contributed by atoms with Gasteiger partial charge in [0.2, 0.25) is 0 Å². The predicted octanol–water partition coefficient (Wildman–Crippen LogP) is 0.258. The second kappa shape index (κ2) is 9.48. The van der Waals surface area contributed by atoms with E-state index in [2.05, 4.69) is 16.1 Å². The van der Waals surface area contributed by atoms with Gasteiger partial charge in [-0.2, -0.15) is 0 Å². The Hall–Kier alpha value is -2.44. The minimum Gasteiger partial charge on any atom is -0.466 e.